The van der Waals surface area contributed by atoms with Gasteiger partial charge in [0.25, 0.3) is 0 Å². The molecule has 0 aromatic carbocycles. The predicted octanol–water partition coefficient (Wildman–Crippen LogP) is 1.24. The van der Waals surface area contributed by atoms with E-state index < -0.39 is 11.4 Å². The summed E-state index contributed by atoms with van der Waals surface area (Å²) >= 11 is 0. The quantitative estimate of drug-likeness (QED) is 0.815. The molecule has 0 aromatic rings. The summed E-state index contributed by atoms with van der Waals surface area (Å²) < 4.78 is 5.03. The van der Waals surface area contributed by atoms with Crippen LogP contribution in [0, 0.1) is 11.3 Å². The maximum atomic E-state index is 11.4. The molecule has 0 amide bonds. The fraction of sp³-hybridized carbons (Fsp3) is 0.909. The van der Waals surface area contributed by atoms with E-state index in [-0.39, 0.29) is 12.4 Å². The summed E-state index contributed by atoms with van der Waals surface area (Å²) in [7, 11) is 1.68. The molecule has 1 aliphatic heterocycles. The summed E-state index contributed by atoms with van der Waals surface area (Å²) in [6.45, 7) is 3.22. The van der Waals surface area contributed by atoms with Crippen molar-refractivity contribution < 1.29 is 14.6 Å². The van der Waals surface area contributed by atoms with Crippen molar-refractivity contribution in [1.82, 2.24) is 4.90 Å². The van der Waals surface area contributed by atoms with Crippen molar-refractivity contribution in [3.05, 3.63) is 0 Å². The van der Waals surface area contributed by atoms with E-state index in [0.29, 0.717) is 12.5 Å². The number of carboxylic acids is 1. The van der Waals surface area contributed by atoms with Gasteiger partial charge in [0, 0.05) is 26.7 Å². The highest BCUT2D eigenvalue weighted by molar-refractivity contribution is 5.85. The number of fused-ring (bicyclic) bond motifs is 1. The van der Waals surface area contributed by atoms with Gasteiger partial charge in [-0.2, -0.15) is 0 Å². The van der Waals surface area contributed by atoms with Gasteiger partial charge in [-0.1, -0.05) is 6.42 Å². The highest BCUT2D eigenvalue weighted by atomic mass is 35.5. The molecular weight excluding hydrogens is 230 g/mol. The first-order valence-corrected chi connectivity index (χ1v) is 5.64. The smallest absolute Gasteiger partial charge is 0.311 e. The third kappa shape index (κ3) is 2.19. The van der Waals surface area contributed by atoms with Crippen LogP contribution in [0.4, 0.5) is 0 Å². The van der Waals surface area contributed by atoms with Crippen LogP contribution in [0.3, 0.4) is 0 Å². The largest absolute Gasteiger partial charge is 0.481 e. The number of methoxy groups -OCH3 is 1. The average Bonchev–Trinajstić information content (AvgIpc) is 2.70. The molecule has 1 heterocycles. The molecular formula is C11H20ClNO3. The van der Waals surface area contributed by atoms with Crippen LogP contribution in [0.5, 0.6) is 0 Å². The van der Waals surface area contributed by atoms with Gasteiger partial charge in [0.2, 0.25) is 0 Å². The summed E-state index contributed by atoms with van der Waals surface area (Å²) in [5, 5.41) is 9.36. The van der Waals surface area contributed by atoms with E-state index in [0.717, 1.165) is 38.9 Å². The van der Waals surface area contributed by atoms with Gasteiger partial charge in [-0.05, 0) is 18.8 Å². The van der Waals surface area contributed by atoms with Gasteiger partial charge in [-0.15, -0.1) is 12.4 Å². The van der Waals surface area contributed by atoms with Crippen LogP contribution < -0.4 is 0 Å². The van der Waals surface area contributed by atoms with Gasteiger partial charge in [-0.3, -0.25) is 9.69 Å². The molecule has 0 bridgehead atoms. The number of nitrogens with zero attached hydrogens (tertiary/aromatic N) is 1. The lowest BCUT2D eigenvalue weighted by Crippen LogP contribution is -2.36. The Morgan fingerprint density at radius 1 is 1.62 bits per heavy atom. The zero-order valence-corrected chi connectivity index (χ0v) is 10.5. The monoisotopic (exact) mass is 249 g/mol. The summed E-state index contributed by atoms with van der Waals surface area (Å²) in [5.41, 5.74) is -0.437. The number of likely N-dealkylation sites (tertiary alicyclic amines) is 1. The van der Waals surface area contributed by atoms with E-state index >= 15 is 0 Å². The first-order valence-electron chi connectivity index (χ1n) is 5.64. The highest BCUT2D eigenvalue weighted by Crippen LogP contribution is 2.48. The number of hydrogen-bond acceptors (Lipinski definition) is 3. The van der Waals surface area contributed by atoms with Crippen molar-refractivity contribution in [3.63, 3.8) is 0 Å². The molecule has 2 atom stereocenters. The van der Waals surface area contributed by atoms with Crippen molar-refractivity contribution >= 4 is 18.4 Å². The number of halogens is 1. The molecule has 1 N–H and O–H groups in total. The lowest BCUT2D eigenvalue weighted by atomic mass is 9.81. The van der Waals surface area contributed by atoms with Gasteiger partial charge in [-0.25, -0.2) is 0 Å². The van der Waals surface area contributed by atoms with Gasteiger partial charge in [0.15, 0.2) is 0 Å². The van der Waals surface area contributed by atoms with Gasteiger partial charge >= 0.3 is 5.97 Å². The Morgan fingerprint density at radius 2 is 2.38 bits per heavy atom. The van der Waals surface area contributed by atoms with Gasteiger partial charge in [0.1, 0.15) is 0 Å². The summed E-state index contributed by atoms with van der Waals surface area (Å²) in [4.78, 5) is 13.6. The Bertz CT molecular complexity index is 262. The molecule has 5 heteroatoms. The molecule has 0 aromatic heterocycles. The van der Waals surface area contributed by atoms with Crippen LogP contribution in [0.15, 0.2) is 0 Å². The molecule has 4 nitrogen and oxygen atoms in total. The van der Waals surface area contributed by atoms with Crippen LogP contribution in [-0.4, -0.2) is 49.3 Å². The summed E-state index contributed by atoms with van der Waals surface area (Å²) in [5.74, 6) is -0.225. The molecule has 2 aliphatic rings. The molecule has 1 saturated heterocycles. The Hall–Kier alpha value is -0.320. The fourth-order valence-corrected chi connectivity index (χ4v) is 3.13. The SMILES string of the molecule is COCCN1C[C@@H]2CCC[C@@]2(C(=O)O)C1.Cl. The van der Waals surface area contributed by atoms with Gasteiger partial charge < -0.3 is 9.84 Å². The first kappa shape index (κ1) is 13.7. The van der Waals surface area contributed by atoms with Crippen LogP contribution >= 0.6 is 12.4 Å². The first-order chi connectivity index (χ1) is 7.19. The standard InChI is InChI=1S/C11H19NO3.ClH/c1-15-6-5-12-7-9-3-2-4-11(9,8-12)10(13)14;/h9H,2-8H2,1H3,(H,13,14);1H/t9-,11+;/m0./s1. The Kier molecular flexibility index (Phi) is 4.59. The Balaban J connectivity index is 0.00000128. The summed E-state index contributed by atoms with van der Waals surface area (Å²) in [6.07, 6.45) is 3.02. The number of aliphatic carboxylic acids is 1. The van der Waals surface area contributed by atoms with E-state index in [1.54, 1.807) is 7.11 Å². The maximum Gasteiger partial charge on any atom is 0.311 e. The predicted molar refractivity (Wildman–Crippen MR) is 63.0 cm³/mol. The fourth-order valence-electron chi connectivity index (χ4n) is 3.13. The van der Waals surface area contributed by atoms with E-state index in [1.807, 2.05) is 0 Å². The molecule has 94 valence electrons. The topological polar surface area (TPSA) is 49.8 Å². The van der Waals surface area contributed by atoms with E-state index in [9.17, 15) is 9.90 Å². The third-order valence-corrected chi connectivity index (χ3v) is 3.98. The Morgan fingerprint density at radius 3 is 2.94 bits per heavy atom. The summed E-state index contributed by atoms with van der Waals surface area (Å²) in [6, 6.07) is 0. The van der Waals surface area contributed by atoms with Crippen LogP contribution in [0.25, 0.3) is 0 Å². The van der Waals surface area contributed by atoms with E-state index in [4.69, 9.17) is 4.74 Å². The second kappa shape index (κ2) is 5.34. The molecule has 2 rings (SSSR count). The molecule has 1 aliphatic carbocycles. The minimum absolute atomic E-state index is 0. The van der Waals surface area contributed by atoms with Crippen LogP contribution in [-0.2, 0) is 9.53 Å². The molecule has 0 unspecified atom stereocenters. The number of carboxylic acid groups (broad SMARTS) is 1. The number of carbonyl (C=O) groups is 1. The van der Waals surface area contributed by atoms with Crippen LogP contribution in [0.2, 0.25) is 0 Å². The minimum Gasteiger partial charge on any atom is -0.481 e. The van der Waals surface area contributed by atoms with Crippen molar-refractivity contribution in [2.24, 2.45) is 11.3 Å². The number of rotatable bonds is 4. The minimum atomic E-state index is -0.593. The molecule has 0 radical (unpaired) electrons. The van der Waals surface area contributed by atoms with Gasteiger partial charge in [0.05, 0.1) is 12.0 Å². The molecule has 2 fully saturated rings. The van der Waals surface area contributed by atoms with E-state index in [2.05, 4.69) is 4.90 Å². The maximum absolute atomic E-state index is 11.4. The van der Waals surface area contributed by atoms with Crippen molar-refractivity contribution in [2.75, 3.05) is 33.4 Å². The highest BCUT2D eigenvalue weighted by Gasteiger charge is 2.54. The lowest BCUT2D eigenvalue weighted by Gasteiger charge is -2.23. The number of hydrogen-bond donors (Lipinski definition) is 1. The van der Waals surface area contributed by atoms with E-state index in [1.165, 1.54) is 0 Å². The second-order valence-electron chi connectivity index (χ2n) is 4.78. The van der Waals surface area contributed by atoms with Crippen molar-refractivity contribution in [3.8, 4) is 0 Å². The van der Waals surface area contributed by atoms with Crippen molar-refractivity contribution in [2.45, 2.75) is 19.3 Å². The number of ether oxygens (including phenoxy) is 1. The normalized spacial score (nSPS) is 33.4. The zero-order valence-electron chi connectivity index (χ0n) is 9.65. The zero-order chi connectivity index (χ0) is 10.9. The van der Waals surface area contributed by atoms with Crippen molar-refractivity contribution in [1.29, 1.82) is 0 Å². The lowest BCUT2D eigenvalue weighted by molar-refractivity contribution is -0.149. The molecule has 0 spiro atoms. The Labute approximate surface area is 102 Å². The molecule has 1 saturated carbocycles. The second-order valence-corrected chi connectivity index (χ2v) is 4.78. The molecule has 16 heavy (non-hydrogen) atoms. The van der Waals surface area contributed by atoms with Crippen LogP contribution in [0.1, 0.15) is 19.3 Å². The third-order valence-electron chi connectivity index (χ3n) is 3.98. The average molecular weight is 250 g/mol.